The molecule has 2 heterocycles. The van der Waals surface area contributed by atoms with Crippen molar-refractivity contribution in [2.45, 2.75) is 38.5 Å². The third-order valence-electron chi connectivity index (χ3n) is 4.48. The molecule has 0 aromatic heterocycles. The number of rotatable bonds is 5. The lowest BCUT2D eigenvalue weighted by Gasteiger charge is -2.26. The quantitative estimate of drug-likeness (QED) is 0.770. The number of carbonyl (C=O) groups excluding carboxylic acids is 1. The molecule has 1 amide bonds. The maximum atomic E-state index is 12.0. The number of benzene rings is 1. The van der Waals surface area contributed by atoms with Crippen molar-refractivity contribution in [1.82, 2.24) is 4.90 Å². The van der Waals surface area contributed by atoms with Crippen molar-refractivity contribution in [2.75, 3.05) is 31.1 Å². The second-order valence-corrected chi connectivity index (χ2v) is 5.96. The van der Waals surface area contributed by atoms with Gasteiger partial charge in [-0.3, -0.25) is 4.79 Å². The molecule has 1 fully saturated rings. The molecule has 3 nitrogen and oxygen atoms in total. The zero-order chi connectivity index (χ0) is 13.8. The maximum absolute atomic E-state index is 12.0. The molecule has 3 rings (SSSR count). The van der Waals surface area contributed by atoms with Gasteiger partial charge >= 0.3 is 0 Å². The average molecular weight is 272 g/mol. The maximum Gasteiger partial charge on any atom is 0.231 e. The second kappa shape index (κ2) is 6.40. The molecule has 3 heteroatoms. The highest BCUT2D eigenvalue weighted by Gasteiger charge is 2.25. The number of para-hydroxylation sites is 1. The topological polar surface area (TPSA) is 23.6 Å². The van der Waals surface area contributed by atoms with E-state index >= 15 is 0 Å². The summed E-state index contributed by atoms with van der Waals surface area (Å²) in [7, 11) is 0. The third-order valence-corrected chi connectivity index (χ3v) is 4.48. The number of hydrogen-bond acceptors (Lipinski definition) is 2. The summed E-state index contributed by atoms with van der Waals surface area (Å²) < 4.78 is 0. The van der Waals surface area contributed by atoms with Gasteiger partial charge in [0, 0.05) is 12.2 Å². The number of piperidine rings is 1. The van der Waals surface area contributed by atoms with E-state index in [1.807, 2.05) is 17.0 Å². The van der Waals surface area contributed by atoms with Crippen molar-refractivity contribution >= 4 is 11.6 Å². The van der Waals surface area contributed by atoms with Crippen molar-refractivity contribution in [1.29, 1.82) is 0 Å². The van der Waals surface area contributed by atoms with E-state index in [4.69, 9.17) is 0 Å². The second-order valence-electron chi connectivity index (χ2n) is 5.96. The van der Waals surface area contributed by atoms with E-state index in [1.54, 1.807) is 0 Å². The molecule has 0 N–H and O–H groups in total. The summed E-state index contributed by atoms with van der Waals surface area (Å²) in [4.78, 5) is 16.6. The first-order valence-electron chi connectivity index (χ1n) is 7.95. The zero-order valence-electron chi connectivity index (χ0n) is 12.2. The van der Waals surface area contributed by atoms with Crippen molar-refractivity contribution in [3.05, 3.63) is 29.8 Å². The van der Waals surface area contributed by atoms with Crippen molar-refractivity contribution in [2.24, 2.45) is 0 Å². The van der Waals surface area contributed by atoms with Gasteiger partial charge < -0.3 is 9.80 Å². The minimum absolute atomic E-state index is 0.268. The molecule has 0 spiro atoms. The number of amides is 1. The number of unbranched alkanes of at least 4 members (excludes halogenated alkanes) is 1. The first-order chi connectivity index (χ1) is 9.84. The molecular weight excluding hydrogens is 248 g/mol. The highest BCUT2D eigenvalue weighted by Crippen LogP contribution is 2.28. The number of fused-ring (bicyclic) bond motifs is 1. The van der Waals surface area contributed by atoms with Gasteiger partial charge in [0.05, 0.1) is 6.42 Å². The minimum Gasteiger partial charge on any atom is -0.312 e. The average Bonchev–Trinajstić information content (AvgIpc) is 2.80. The monoisotopic (exact) mass is 272 g/mol. The first-order valence-corrected chi connectivity index (χ1v) is 7.95. The molecule has 2 aliphatic heterocycles. The van der Waals surface area contributed by atoms with Crippen LogP contribution in [0.15, 0.2) is 24.3 Å². The Balaban J connectivity index is 1.45. The van der Waals surface area contributed by atoms with Gasteiger partial charge in [-0.05, 0) is 56.9 Å². The van der Waals surface area contributed by atoms with E-state index in [-0.39, 0.29) is 5.91 Å². The summed E-state index contributed by atoms with van der Waals surface area (Å²) in [5, 5.41) is 0. The SMILES string of the molecule is O=C1Cc2ccccc2N1CCCCN1CCCCC1. The fraction of sp³-hybridized carbons (Fsp3) is 0.588. The van der Waals surface area contributed by atoms with Crippen LogP contribution in [0.1, 0.15) is 37.7 Å². The summed E-state index contributed by atoms with van der Waals surface area (Å²) in [5.74, 6) is 0.268. The van der Waals surface area contributed by atoms with Crippen LogP contribution >= 0.6 is 0 Å². The Labute approximate surface area is 121 Å². The lowest BCUT2D eigenvalue weighted by atomic mass is 10.1. The summed E-state index contributed by atoms with van der Waals surface area (Å²) in [6, 6.07) is 8.19. The van der Waals surface area contributed by atoms with Gasteiger partial charge in [-0.1, -0.05) is 24.6 Å². The molecule has 108 valence electrons. The van der Waals surface area contributed by atoms with Crippen LogP contribution < -0.4 is 4.90 Å². The van der Waals surface area contributed by atoms with Crippen LogP contribution in [0, 0.1) is 0 Å². The molecule has 1 aromatic carbocycles. The van der Waals surface area contributed by atoms with E-state index in [1.165, 1.54) is 50.9 Å². The largest absolute Gasteiger partial charge is 0.312 e. The Morgan fingerprint density at radius 3 is 2.55 bits per heavy atom. The van der Waals surface area contributed by atoms with E-state index < -0.39 is 0 Å². The highest BCUT2D eigenvalue weighted by molar-refractivity contribution is 6.01. The number of carbonyl (C=O) groups is 1. The molecular formula is C17H24N2O. The van der Waals surface area contributed by atoms with Crippen LogP contribution in [-0.4, -0.2) is 37.0 Å². The normalized spacial score (nSPS) is 19.4. The molecule has 2 aliphatic rings. The smallest absolute Gasteiger partial charge is 0.231 e. The van der Waals surface area contributed by atoms with Crippen molar-refractivity contribution in [3.63, 3.8) is 0 Å². The summed E-state index contributed by atoms with van der Waals surface area (Å²) in [5.41, 5.74) is 2.32. The van der Waals surface area contributed by atoms with Crippen LogP contribution in [-0.2, 0) is 11.2 Å². The zero-order valence-corrected chi connectivity index (χ0v) is 12.2. The Morgan fingerprint density at radius 1 is 0.950 bits per heavy atom. The van der Waals surface area contributed by atoms with Crippen LogP contribution in [0.2, 0.25) is 0 Å². The molecule has 0 aliphatic carbocycles. The Morgan fingerprint density at radius 2 is 1.70 bits per heavy atom. The molecule has 1 saturated heterocycles. The van der Waals surface area contributed by atoms with Crippen LogP contribution in [0.3, 0.4) is 0 Å². The summed E-state index contributed by atoms with van der Waals surface area (Å²) in [6.07, 6.45) is 7.01. The Bertz CT molecular complexity index is 466. The fourth-order valence-corrected chi connectivity index (χ4v) is 3.35. The first kappa shape index (κ1) is 13.6. The molecule has 0 unspecified atom stereocenters. The van der Waals surface area contributed by atoms with Crippen molar-refractivity contribution < 1.29 is 4.79 Å². The lowest BCUT2D eigenvalue weighted by molar-refractivity contribution is -0.117. The molecule has 0 atom stereocenters. The van der Waals surface area contributed by atoms with E-state index in [0.29, 0.717) is 6.42 Å². The third kappa shape index (κ3) is 3.04. The van der Waals surface area contributed by atoms with Crippen LogP contribution in [0.25, 0.3) is 0 Å². The van der Waals surface area contributed by atoms with Crippen LogP contribution in [0.4, 0.5) is 5.69 Å². The predicted molar refractivity (Wildman–Crippen MR) is 82.0 cm³/mol. The van der Waals surface area contributed by atoms with Gasteiger partial charge in [0.2, 0.25) is 5.91 Å². The molecule has 0 saturated carbocycles. The fourth-order valence-electron chi connectivity index (χ4n) is 3.35. The number of anilines is 1. The standard InChI is InChI=1S/C17H24N2O/c20-17-14-15-8-2-3-9-16(15)19(17)13-7-6-12-18-10-4-1-5-11-18/h2-3,8-9H,1,4-7,10-14H2. The van der Waals surface area contributed by atoms with Gasteiger partial charge in [-0.25, -0.2) is 0 Å². The molecule has 1 aromatic rings. The van der Waals surface area contributed by atoms with Gasteiger partial charge in [0.25, 0.3) is 0 Å². The summed E-state index contributed by atoms with van der Waals surface area (Å²) in [6.45, 7) is 4.62. The predicted octanol–water partition coefficient (Wildman–Crippen LogP) is 2.84. The van der Waals surface area contributed by atoms with Gasteiger partial charge in [-0.2, -0.15) is 0 Å². The minimum atomic E-state index is 0.268. The Kier molecular flexibility index (Phi) is 4.36. The molecule has 0 bridgehead atoms. The molecule has 0 radical (unpaired) electrons. The van der Waals surface area contributed by atoms with Gasteiger partial charge in [0.1, 0.15) is 0 Å². The number of nitrogens with zero attached hydrogens (tertiary/aromatic N) is 2. The summed E-state index contributed by atoms with van der Waals surface area (Å²) >= 11 is 0. The van der Waals surface area contributed by atoms with Gasteiger partial charge in [-0.15, -0.1) is 0 Å². The number of likely N-dealkylation sites (tertiary alicyclic amines) is 1. The highest BCUT2D eigenvalue weighted by atomic mass is 16.2. The molecule has 20 heavy (non-hydrogen) atoms. The lowest BCUT2D eigenvalue weighted by Crippen LogP contribution is -2.32. The van der Waals surface area contributed by atoms with E-state index in [2.05, 4.69) is 17.0 Å². The van der Waals surface area contributed by atoms with Gasteiger partial charge in [0.15, 0.2) is 0 Å². The van der Waals surface area contributed by atoms with E-state index in [0.717, 1.165) is 18.7 Å². The number of hydrogen-bond donors (Lipinski definition) is 0. The van der Waals surface area contributed by atoms with Crippen molar-refractivity contribution in [3.8, 4) is 0 Å². The Hall–Kier alpha value is -1.35. The van der Waals surface area contributed by atoms with Crippen LogP contribution in [0.5, 0.6) is 0 Å². The van der Waals surface area contributed by atoms with E-state index in [9.17, 15) is 4.79 Å².